The summed E-state index contributed by atoms with van der Waals surface area (Å²) < 4.78 is 0. The van der Waals surface area contributed by atoms with Gasteiger partial charge in [-0.3, -0.25) is 4.98 Å². The number of anilines is 2. The van der Waals surface area contributed by atoms with Gasteiger partial charge < -0.3 is 10.2 Å². The molecule has 0 radical (unpaired) electrons. The fourth-order valence-corrected chi connectivity index (χ4v) is 1.91. The molecule has 2 rings (SSSR count). The molecule has 1 fully saturated rings. The first-order valence-corrected chi connectivity index (χ1v) is 5.17. The van der Waals surface area contributed by atoms with Crippen LogP contribution in [0.5, 0.6) is 0 Å². The van der Waals surface area contributed by atoms with E-state index in [0.29, 0.717) is 0 Å². The molecule has 3 nitrogen and oxygen atoms in total. The van der Waals surface area contributed by atoms with E-state index < -0.39 is 0 Å². The van der Waals surface area contributed by atoms with E-state index in [1.165, 1.54) is 12.1 Å². The van der Waals surface area contributed by atoms with E-state index in [1.54, 1.807) is 0 Å². The van der Waals surface area contributed by atoms with Crippen molar-refractivity contribution in [1.82, 2.24) is 4.98 Å². The Morgan fingerprint density at radius 2 is 2.36 bits per heavy atom. The molecule has 1 aliphatic rings. The zero-order chi connectivity index (χ0) is 9.97. The number of rotatable bonds is 2. The molecule has 1 atom stereocenters. The fourth-order valence-electron chi connectivity index (χ4n) is 1.91. The Morgan fingerprint density at radius 1 is 1.50 bits per heavy atom. The molecule has 0 aromatic carbocycles. The zero-order valence-electron chi connectivity index (χ0n) is 8.83. The summed E-state index contributed by atoms with van der Waals surface area (Å²) in [4.78, 5) is 6.62. The van der Waals surface area contributed by atoms with Crippen molar-refractivity contribution in [2.24, 2.45) is 5.92 Å². The van der Waals surface area contributed by atoms with Crippen molar-refractivity contribution in [1.29, 1.82) is 0 Å². The Bertz CT molecular complexity index is 311. The molecule has 0 bridgehead atoms. The molecule has 3 heteroatoms. The van der Waals surface area contributed by atoms with Gasteiger partial charge in [0, 0.05) is 20.1 Å². The van der Waals surface area contributed by atoms with E-state index in [2.05, 4.69) is 28.2 Å². The second kappa shape index (κ2) is 3.86. The van der Waals surface area contributed by atoms with Crippen LogP contribution in [0.25, 0.3) is 0 Å². The quantitative estimate of drug-likeness (QED) is 0.774. The molecule has 1 saturated heterocycles. The van der Waals surface area contributed by atoms with Gasteiger partial charge in [-0.1, -0.05) is 6.92 Å². The van der Waals surface area contributed by atoms with E-state index in [4.69, 9.17) is 0 Å². The van der Waals surface area contributed by atoms with Gasteiger partial charge in [-0.15, -0.1) is 0 Å². The van der Waals surface area contributed by atoms with Crippen LogP contribution in [0.1, 0.15) is 13.3 Å². The van der Waals surface area contributed by atoms with Crippen LogP contribution in [-0.2, 0) is 0 Å². The van der Waals surface area contributed by atoms with Gasteiger partial charge in [0.1, 0.15) is 0 Å². The molecule has 0 amide bonds. The summed E-state index contributed by atoms with van der Waals surface area (Å²) in [6.45, 7) is 4.63. The average Bonchev–Trinajstić information content (AvgIpc) is 2.65. The highest BCUT2D eigenvalue weighted by atomic mass is 15.2. The van der Waals surface area contributed by atoms with Crippen molar-refractivity contribution in [2.75, 3.05) is 30.4 Å². The van der Waals surface area contributed by atoms with Crippen LogP contribution in [0.2, 0.25) is 0 Å². The molecule has 14 heavy (non-hydrogen) atoms. The lowest BCUT2D eigenvalue weighted by atomic mass is 10.2. The summed E-state index contributed by atoms with van der Waals surface area (Å²) in [6, 6.07) is 2.16. The van der Waals surface area contributed by atoms with Crippen LogP contribution in [0, 0.1) is 5.92 Å². The summed E-state index contributed by atoms with van der Waals surface area (Å²) >= 11 is 0. The Hall–Kier alpha value is -1.25. The molecule has 1 aliphatic heterocycles. The van der Waals surface area contributed by atoms with Crippen LogP contribution in [0.15, 0.2) is 18.5 Å². The fraction of sp³-hybridized carbons (Fsp3) is 0.545. The van der Waals surface area contributed by atoms with Gasteiger partial charge in [-0.2, -0.15) is 0 Å². The predicted octanol–water partition coefficient (Wildman–Crippen LogP) is 1.97. The lowest BCUT2D eigenvalue weighted by Crippen LogP contribution is -2.19. The number of pyridine rings is 1. The Labute approximate surface area is 85.1 Å². The maximum Gasteiger partial charge on any atom is 0.0573 e. The maximum absolute atomic E-state index is 4.22. The van der Waals surface area contributed by atoms with E-state index in [1.807, 2.05) is 19.4 Å². The second-order valence-electron chi connectivity index (χ2n) is 4.02. The Morgan fingerprint density at radius 3 is 3.00 bits per heavy atom. The Balaban J connectivity index is 2.15. The first-order chi connectivity index (χ1) is 6.79. The van der Waals surface area contributed by atoms with Crippen molar-refractivity contribution in [3.63, 3.8) is 0 Å². The second-order valence-corrected chi connectivity index (χ2v) is 4.02. The van der Waals surface area contributed by atoms with E-state index >= 15 is 0 Å². The molecule has 1 N–H and O–H groups in total. The number of nitrogens with zero attached hydrogens (tertiary/aromatic N) is 2. The topological polar surface area (TPSA) is 28.2 Å². The van der Waals surface area contributed by atoms with Gasteiger partial charge in [0.2, 0.25) is 0 Å². The number of hydrogen-bond acceptors (Lipinski definition) is 3. The molecule has 0 spiro atoms. The lowest BCUT2D eigenvalue weighted by molar-refractivity contribution is 0.659. The van der Waals surface area contributed by atoms with Crippen molar-refractivity contribution >= 4 is 11.4 Å². The minimum Gasteiger partial charge on any atom is -0.387 e. The minimum atomic E-state index is 0.813. The van der Waals surface area contributed by atoms with Crippen molar-refractivity contribution < 1.29 is 0 Å². The van der Waals surface area contributed by atoms with Gasteiger partial charge in [0.15, 0.2) is 0 Å². The van der Waals surface area contributed by atoms with E-state index in [-0.39, 0.29) is 0 Å². The monoisotopic (exact) mass is 191 g/mol. The van der Waals surface area contributed by atoms with Crippen molar-refractivity contribution in [3.05, 3.63) is 18.5 Å². The molecule has 2 heterocycles. The number of hydrogen-bond donors (Lipinski definition) is 1. The molecular weight excluding hydrogens is 174 g/mol. The van der Waals surface area contributed by atoms with Crippen molar-refractivity contribution in [3.8, 4) is 0 Å². The molecule has 1 unspecified atom stereocenters. The summed E-state index contributed by atoms with van der Waals surface area (Å²) in [5.41, 5.74) is 2.32. The summed E-state index contributed by atoms with van der Waals surface area (Å²) in [5.74, 6) is 0.813. The minimum absolute atomic E-state index is 0.813. The molecule has 0 aliphatic carbocycles. The molecule has 76 valence electrons. The first kappa shape index (κ1) is 9.31. The molecule has 1 aromatic heterocycles. The summed E-state index contributed by atoms with van der Waals surface area (Å²) in [7, 11) is 1.92. The normalized spacial score (nSPS) is 21.3. The highest BCUT2D eigenvalue weighted by molar-refractivity contribution is 5.55. The van der Waals surface area contributed by atoms with Gasteiger partial charge in [0.25, 0.3) is 0 Å². The van der Waals surface area contributed by atoms with E-state index in [0.717, 1.165) is 24.7 Å². The smallest absolute Gasteiger partial charge is 0.0573 e. The van der Waals surface area contributed by atoms with Gasteiger partial charge in [0.05, 0.1) is 23.8 Å². The third-order valence-corrected chi connectivity index (χ3v) is 2.80. The third-order valence-electron chi connectivity index (χ3n) is 2.80. The van der Waals surface area contributed by atoms with Crippen molar-refractivity contribution in [2.45, 2.75) is 13.3 Å². The van der Waals surface area contributed by atoms with Crippen LogP contribution in [-0.4, -0.2) is 25.1 Å². The highest BCUT2D eigenvalue weighted by Crippen LogP contribution is 2.24. The summed E-state index contributed by atoms with van der Waals surface area (Å²) in [6.07, 6.45) is 5.09. The number of aromatic nitrogens is 1. The van der Waals surface area contributed by atoms with E-state index in [9.17, 15) is 0 Å². The average molecular weight is 191 g/mol. The molecular formula is C11H17N3. The largest absolute Gasteiger partial charge is 0.387 e. The van der Waals surface area contributed by atoms with Gasteiger partial charge in [-0.25, -0.2) is 0 Å². The summed E-state index contributed by atoms with van der Waals surface area (Å²) in [5, 5.41) is 3.11. The zero-order valence-corrected chi connectivity index (χ0v) is 8.83. The van der Waals surface area contributed by atoms with Crippen LogP contribution in [0.3, 0.4) is 0 Å². The van der Waals surface area contributed by atoms with Crippen LogP contribution in [0.4, 0.5) is 11.4 Å². The standard InChI is InChI=1S/C11H17N3/c1-9-3-4-14(8-9)11-5-10(12-2)6-13-7-11/h5-7,9,12H,3-4,8H2,1-2H3. The van der Waals surface area contributed by atoms with Crippen LogP contribution < -0.4 is 10.2 Å². The number of nitrogens with one attached hydrogen (secondary N) is 1. The third kappa shape index (κ3) is 1.81. The Kier molecular flexibility index (Phi) is 2.57. The lowest BCUT2D eigenvalue weighted by Gasteiger charge is -2.18. The highest BCUT2D eigenvalue weighted by Gasteiger charge is 2.18. The SMILES string of the molecule is CNc1cncc(N2CCC(C)C2)c1. The van der Waals surface area contributed by atoms with Gasteiger partial charge >= 0.3 is 0 Å². The molecule has 0 saturated carbocycles. The van der Waals surface area contributed by atoms with Gasteiger partial charge in [-0.05, 0) is 18.4 Å². The first-order valence-electron chi connectivity index (χ1n) is 5.17. The molecule has 1 aromatic rings. The van der Waals surface area contributed by atoms with Crippen LogP contribution >= 0.6 is 0 Å². The maximum atomic E-state index is 4.22. The predicted molar refractivity (Wildman–Crippen MR) is 59.8 cm³/mol.